The number of carbonyl (C=O) groups excluding carboxylic acids is 2. The second-order valence-corrected chi connectivity index (χ2v) is 4.74. The number of carbonyl (C=O) groups is 2. The fraction of sp³-hybridized carbons (Fsp3) is 0.286. The Morgan fingerprint density at radius 3 is 2.60 bits per heavy atom. The Kier molecular flexibility index (Phi) is 4.42. The van der Waals surface area contributed by atoms with Gasteiger partial charge in [-0.3, -0.25) is 4.79 Å². The predicted octanol–water partition coefficient (Wildman–Crippen LogP) is 2.47. The van der Waals surface area contributed by atoms with Crippen LogP contribution in [0.1, 0.15) is 24.2 Å². The van der Waals surface area contributed by atoms with E-state index in [2.05, 4.69) is 10.6 Å². The molecule has 0 saturated heterocycles. The van der Waals surface area contributed by atoms with Gasteiger partial charge in [0.25, 0.3) is 0 Å². The number of amides is 2. The summed E-state index contributed by atoms with van der Waals surface area (Å²) in [6.07, 6.45) is -0.739. The lowest BCUT2D eigenvalue weighted by molar-refractivity contribution is 0.0607. The standard InChI is InChI=1S/C14H15ClN2O3/c1-3-20-13-11(8(2)16-14(19)17-13)12(18)9-4-6-10(15)7-5-9/h4-7,13H,3H2,1-2H3,(H2,16,17,19). The maximum absolute atomic E-state index is 12.5. The van der Waals surface area contributed by atoms with Crippen molar-refractivity contribution in [1.82, 2.24) is 10.6 Å². The topological polar surface area (TPSA) is 67.4 Å². The molecule has 0 bridgehead atoms. The van der Waals surface area contributed by atoms with Gasteiger partial charge >= 0.3 is 6.03 Å². The van der Waals surface area contributed by atoms with Crippen molar-refractivity contribution in [2.24, 2.45) is 0 Å². The Morgan fingerprint density at radius 2 is 2.00 bits per heavy atom. The highest BCUT2D eigenvalue weighted by atomic mass is 35.5. The van der Waals surface area contributed by atoms with Crippen LogP contribution in [-0.2, 0) is 4.74 Å². The molecule has 1 aromatic rings. The Balaban J connectivity index is 2.36. The minimum Gasteiger partial charge on any atom is -0.354 e. The smallest absolute Gasteiger partial charge is 0.321 e. The molecule has 0 fully saturated rings. The van der Waals surface area contributed by atoms with E-state index in [1.165, 1.54) is 0 Å². The van der Waals surface area contributed by atoms with Crippen molar-refractivity contribution in [2.75, 3.05) is 6.61 Å². The third-order valence-corrected chi connectivity index (χ3v) is 3.17. The zero-order valence-electron chi connectivity index (χ0n) is 11.2. The number of nitrogens with one attached hydrogen (secondary N) is 2. The molecule has 0 aliphatic carbocycles. The summed E-state index contributed by atoms with van der Waals surface area (Å²) in [5.74, 6) is -0.204. The van der Waals surface area contributed by atoms with E-state index < -0.39 is 6.23 Å². The molecule has 1 atom stereocenters. The maximum atomic E-state index is 12.5. The van der Waals surface area contributed by atoms with Gasteiger partial charge in [-0.05, 0) is 38.1 Å². The summed E-state index contributed by atoms with van der Waals surface area (Å²) in [6, 6.07) is 6.20. The van der Waals surface area contributed by atoms with E-state index in [9.17, 15) is 9.59 Å². The minimum absolute atomic E-state index is 0.204. The highest BCUT2D eigenvalue weighted by molar-refractivity contribution is 6.30. The van der Waals surface area contributed by atoms with Crippen LogP contribution >= 0.6 is 11.6 Å². The van der Waals surface area contributed by atoms with E-state index in [-0.39, 0.29) is 11.8 Å². The lowest BCUT2D eigenvalue weighted by Gasteiger charge is -2.27. The molecule has 6 heteroatoms. The number of hydrogen-bond donors (Lipinski definition) is 2. The summed E-state index contributed by atoms with van der Waals surface area (Å²) in [6.45, 7) is 3.86. The number of ether oxygens (including phenoxy) is 1. The lowest BCUT2D eigenvalue weighted by Crippen LogP contribution is -2.50. The van der Waals surface area contributed by atoms with Crippen LogP contribution in [0, 0.1) is 0 Å². The fourth-order valence-corrected chi connectivity index (χ4v) is 2.13. The van der Waals surface area contributed by atoms with Crippen molar-refractivity contribution < 1.29 is 14.3 Å². The van der Waals surface area contributed by atoms with E-state index in [0.717, 1.165) is 0 Å². The van der Waals surface area contributed by atoms with Gasteiger partial charge in [-0.1, -0.05) is 11.6 Å². The molecule has 1 unspecified atom stereocenters. The molecule has 20 heavy (non-hydrogen) atoms. The summed E-state index contributed by atoms with van der Waals surface area (Å²) in [4.78, 5) is 24.0. The second-order valence-electron chi connectivity index (χ2n) is 4.31. The van der Waals surface area contributed by atoms with Crippen LogP contribution in [-0.4, -0.2) is 24.6 Å². The van der Waals surface area contributed by atoms with Gasteiger partial charge in [0.05, 0.1) is 5.57 Å². The molecule has 2 rings (SSSR count). The summed E-state index contributed by atoms with van der Waals surface area (Å²) >= 11 is 5.81. The van der Waals surface area contributed by atoms with Crippen LogP contribution in [0.4, 0.5) is 4.79 Å². The quantitative estimate of drug-likeness (QED) is 0.838. The molecule has 1 aliphatic rings. The summed E-state index contributed by atoms with van der Waals surface area (Å²) in [5.41, 5.74) is 1.38. The third kappa shape index (κ3) is 3.00. The number of hydrogen-bond acceptors (Lipinski definition) is 3. The number of urea groups is 1. The van der Waals surface area contributed by atoms with Gasteiger partial charge in [0, 0.05) is 22.9 Å². The number of ketones is 1. The molecule has 2 N–H and O–H groups in total. The monoisotopic (exact) mass is 294 g/mol. The van der Waals surface area contributed by atoms with Gasteiger partial charge in [0.15, 0.2) is 12.0 Å². The van der Waals surface area contributed by atoms with Crippen LogP contribution in [0.5, 0.6) is 0 Å². The molecule has 1 heterocycles. The summed E-state index contributed by atoms with van der Waals surface area (Å²) in [5, 5.41) is 5.72. The lowest BCUT2D eigenvalue weighted by atomic mass is 9.99. The Labute approximate surface area is 121 Å². The average molecular weight is 295 g/mol. The first-order chi connectivity index (χ1) is 9.52. The normalized spacial score (nSPS) is 18.6. The molecule has 0 aromatic heterocycles. The van der Waals surface area contributed by atoms with Gasteiger partial charge in [-0.2, -0.15) is 0 Å². The molecule has 0 radical (unpaired) electrons. The van der Waals surface area contributed by atoms with Crippen LogP contribution in [0.15, 0.2) is 35.5 Å². The van der Waals surface area contributed by atoms with E-state index in [4.69, 9.17) is 16.3 Å². The third-order valence-electron chi connectivity index (χ3n) is 2.91. The van der Waals surface area contributed by atoms with Crippen molar-refractivity contribution in [3.63, 3.8) is 0 Å². The molecular formula is C14H15ClN2O3. The van der Waals surface area contributed by atoms with Gasteiger partial charge in [-0.25, -0.2) is 4.79 Å². The number of Topliss-reactive ketones (excluding diaryl/α,β-unsaturated/α-hetero) is 1. The van der Waals surface area contributed by atoms with Gasteiger partial charge in [0.1, 0.15) is 0 Å². The zero-order valence-corrected chi connectivity index (χ0v) is 12.0. The molecule has 5 nitrogen and oxygen atoms in total. The van der Waals surface area contributed by atoms with E-state index in [0.29, 0.717) is 28.5 Å². The minimum atomic E-state index is -0.739. The number of benzene rings is 1. The first-order valence-electron chi connectivity index (χ1n) is 6.23. The van der Waals surface area contributed by atoms with Crippen molar-refractivity contribution in [3.8, 4) is 0 Å². The van der Waals surface area contributed by atoms with Gasteiger partial charge in [0.2, 0.25) is 0 Å². The molecular weight excluding hydrogens is 280 g/mol. The summed E-state index contributed by atoms with van der Waals surface area (Å²) < 4.78 is 5.43. The number of allylic oxidation sites excluding steroid dienone is 1. The SMILES string of the molecule is CCOC1NC(=O)NC(C)=C1C(=O)c1ccc(Cl)cc1. The van der Waals surface area contributed by atoms with Crippen molar-refractivity contribution >= 4 is 23.4 Å². The second kappa shape index (κ2) is 6.07. The Hall–Kier alpha value is -1.85. The zero-order chi connectivity index (χ0) is 14.7. The van der Waals surface area contributed by atoms with Crippen LogP contribution < -0.4 is 10.6 Å². The van der Waals surface area contributed by atoms with E-state index in [1.54, 1.807) is 38.1 Å². The number of halogens is 1. The van der Waals surface area contributed by atoms with Crippen molar-refractivity contribution in [2.45, 2.75) is 20.1 Å². The predicted molar refractivity (Wildman–Crippen MR) is 75.6 cm³/mol. The molecule has 1 aromatic carbocycles. The van der Waals surface area contributed by atoms with Crippen molar-refractivity contribution in [1.29, 1.82) is 0 Å². The molecule has 2 amide bonds. The fourth-order valence-electron chi connectivity index (χ4n) is 2.00. The van der Waals surface area contributed by atoms with Crippen LogP contribution in [0.3, 0.4) is 0 Å². The molecule has 0 spiro atoms. The van der Waals surface area contributed by atoms with E-state index in [1.807, 2.05) is 0 Å². The average Bonchev–Trinajstić information content (AvgIpc) is 2.38. The van der Waals surface area contributed by atoms with Crippen LogP contribution in [0.25, 0.3) is 0 Å². The largest absolute Gasteiger partial charge is 0.354 e. The Morgan fingerprint density at radius 1 is 1.35 bits per heavy atom. The maximum Gasteiger partial charge on any atom is 0.321 e. The number of rotatable bonds is 4. The first kappa shape index (κ1) is 14.6. The first-order valence-corrected chi connectivity index (χ1v) is 6.61. The van der Waals surface area contributed by atoms with E-state index >= 15 is 0 Å². The highest BCUT2D eigenvalue weighted by Gasteiger charge is 2.30. The van der Waals surface area contributed by atoms with Crippen molar-refractivity contribution in [3.05, 3.63) is 46.1 Å². The van der Waals surface area contributed by atoms with Crippen LogP contribution in [0.2, 0.25) is 5.02 Å². The van der Waals surface area contributed by atoms with Gasteiger partial charge in [-0.15, -0.1) is 0 Å². The highest BCUT2D eigenvalue weighted by Crippen LogP contribution is 2.20. The van der Waals surface area contributed by atoms with Gasteiger partial charge < -0.3 is 15.4 Å². The summed E-state index contributed by atoms with van der Waals surface area (Å²) in [7, 11) is 0. The Bertz CT molecular complexity index is 566. The molecule has 1 aliphatic heterocycles. The molecule has 0 saturated carbocycles. The molecule has 106 valence electrons.